The number of fused-ring (bicyclic) bond motifs is 2. The molecule has 1 atom stereocenters. The van der Waals surface area contributed by atoms with Crippen LogP contribution in [0, 0.1) is 6.92 Å². The van der Waals surface area contributed by atoms with Crippen molar-refractivity contribution in [1.82, 2.24) is 19.8 Å². The van der Waals surface area contributed by atoms with Gasteiger partial charge in [0.15, 0.2) is 0 Å². The first-order valence-corrected chi connectivity index (χ1v) is 9.76. The van der Waals surface area contributed by atoms with Crippen LogP contribution < -0.4 is 10.6 Å². The molecule has 3 heterocycles. The van der Waals surface area contributed by atoms with Crippen molar-refractivity contribution in [3.63, 3.8) is 0 Å². The summed E-state index contributed by atoms with van der Waals surface area (Å²) in [6.45, 7) is 1.98. The number of imide groups is 1. The Morgan fingerprint density at radius 3 is 2.52 bits per heavy atom. The van der Waals surface area contributed by atoms with E-state index in [0.717, 1.165) is 22.4 Å². The Kier molecular flexibility index (Phi) is 3.75. The number of carbonyl (C=O) groups is 3. The molecule has 1 fully saturated rings. The van der Waals surface area contributed by atoms with Crippen LogP contribution in [0.2, 0.25) is 0 Å². The molecule has 2 aromatic carbocycles. The van der Waals surface area contributed by atoms with Crippen molar-refractivity contribution in [2.45, 2.75) is 19.0 Å². The smallest absolute Gasteiger partial charge is 0.323 e. The van der Waals surface area contributed by atoms with Crippen molar-refractivity contribution >= 4 is 35.1 Å². The maximum absolute atomic E-state index is 13.0. The predicted octanol–water partition coefficient (Wildman–Crippen LogP) is 2.41. The number of urea groups is 1. The summed E-state index contributed by atoms with van der Waals surface area (Å²) in [6, 6.07) is 12.2. The molecule has 3 aromatic rings. The molecule has 1 spiro atoms. The number of nitrogens with one attached hydrogen (secondary N) is 2. The van der Waals surface area contributed by atoms with Gasteiger partial charge in [-0.1, -0.05) is 46.4 Å². The third kappa shape index (κ3) is 2.47. The number of nitrogens with zero attached hydrogens (tertiary/aromatic N) is 3. The Bertz CT molecular complexity index is 1160. The highest BCUT2D eigenvalue weighted by molar-refractivity contribution is 7.03. The average Bonchev–Trinajstić information content (AvgIpc) is 3.38. The molecule has 0 saturated carbocycles. The fourth-order valence-electron chi connectivity index (χ4n) is 3.87. The number of hydrogen-bond acceptors (Lipinski definition) is 6. The van der Waals surface area contributed by atoms with E-state index < -0.39 is 23.4 Å². The minimum atomic E-state index is -1.70. The lowest BCUT2D eigenvalue weighted by atomic mass is 9.88. The molecule has 2 aliphatic heterocycles. The fourth-order valence-corrected chi connectivity index (χ4v) is 4.33. The van der Waals surface area contributed by atoms with Gasteiger partial charge in [0.25, 0.3) is 11.8 Å². The van der Waals surface area contributed by atoms with Crippen LogP contribution in [0.25, 0.3) is 11.3 Å². The first-order valence-electron chi connectivity index (χ1n) is 8.92. The molecule has 0 radical (unpaired) electrons. The molecule has 2 N–H and O–H groups in total. The standard InChI is InChI=1S/C20H15N5O3S/c1-11-2-7-15-14(8-11)20(17(26)21-15)18(27)22-19(28)25(20)9-12-3-5-13(6-4-12)16-10-29-24-23-16/h2-8,10H,9H2,1H3,(H,21,26)(H,22,27,28)/t20-/m1/s1. The molecule has 0 bridgehead atoms. The highest BCUT2D eigenvalue weighted by Crippen LogP contribution is 2.44. The molecule has 5 rings (SSSR count). The fraction of sp³-hybridized carbons (Fsp3) is 0.150. The van der Waals surface area contributed by atoms with E-state index in [1.54, 1.807) is 12.1 Å². The molecule has 29 heavy (non-hydrogen) atoms. The monoisotopic (exact) mass is 405 g/mol. The van der Waals surface area contributed by atoms with Crippen molar-refractivity contribution in [3.8, 4) is 11.3 Å². The second-order valence-corrected chi connectivity index (χ2v) is 7.66. The second kappa shape index (κ2) is 6.21. The predicted molar refractivity (Wildman–Crippen MR) is 106 cm³/mol. The zero-order valence-electron chi connectivity index (χ0n) is 15.3. The van der Waals surface area contributed by atoms with E-state index in [4.69, 9.17) is 0 Å². The molecule has 9 heteroatoms. The summed E-state index contributed by atoms with van der Waals surface area (Å²) in [4.78, 5) is 39.7. The summed E-state index contributed by atoms with van der Waals surface area (Å²) in [6.07, 6.45) is 0. The summed E-state index contributed by atoms with van der Waals surface area (Å²) in [5, 5.41) is 10.9. The quantitative estimate of drug-likeness (QED) is 0.514. The first-order chi connectivity index (χ1) is 14.0. The molecular weight excluding hydrogens is 390 g/mol. The molecule has 8 nitrogen and oxygen atoms in total. The number of benzene rings is 2. The SMILES string of the molecule is Cc1ccc2c(c1)[C@]1(C(=O)NC(=O)N1Cc1ccc(-c3csnn3)cc1)C(=O)N2. The van der Waals surface area contributed by atoms with E-state index in [-0.39, 0.29) is 6.54 Å². The Hall–Kier alpha value is -3.59. The maximum atomic E-state index is 13.0. The molecule has 1 saturated heterocycles. The van der Waals surface area contributed by atoms with Crippen LogP contribution in [-0.2, 0) is 21.7 Å². The van der Waals surface area contributed by atoms with E-state index >= 15 is 0 Å². The maximum Gasteiger partial charge on any atom is 0.326 e. The lowest BCUT2D eigenvalue weighted by Gasteiger charge is -2.30. The number of hydrogen-bond donors (Lipinski definition) is 2. The zero-order valence-corrected chi connectivity index (χ0v) is 16.1. The van der Waals surface area contributed by atoms with Gasteiger partial charge in [-0.05, 0) is 30.1 Å². The minimum absolute atomic E-state index is 0.105. The van der Waals surface area contributed by atoms with Gasteiger partial charge in [0.2, 0.25) is 5.54 Å². The van der Waals surface area contributed by atoms with Gasteiger partial charge >= 0.3 is 6.03 Å². The van der Waals surface area contributed by atoms with Crippen LogP contribution >= 0.6 is 11.5 Å². The van der Waals surface area contributed by atoms with E-state index in [1.807, 2.05) is 42.6 Å². The number of carbonyl (C=O) groups excluding carboxylic acids is 3. The Labute approximate surface area is 169 Å². The molecule has 4 amide bonds. The highest BCUT2D eigenvalue weighted by Gasteiger charge is 2.63. The lowest BCUT2D eigenvalue weighted by Crippen LogP contribution is -2.51. The second-order valence-electron chi connectivity index (χ2n) is 7.05. The average molecular weight is 405 g/mol. The number of amides is 4. The minimum Gasteiger partial charge on any atom is -0.323 e. The van der Waals surface area contributed by atoms with Crippen LogP contribution in [0.3, 0.4) is 0 Å². The molecule has 0 aliphatic carbocycles. The molecule has 2 aliphatic rings. The molecule has 144 valence electrons. The van der Waals surface area contributed by atoms with Gasteiger partial charge in [0, 0.05) is 28.7 Å². The van der Waals surface area contributed by atoms with E-state index in [2.05, 4.69) is 20.2 Å². The van der Waals surface area contributed by atoms with Gasteiger partial charge in [0.05, 0.1) is 0 Å². The first kappa shape index (κ1) is 17.5. The third-order valence-corrected chi connectivity index (χ3v) is 5.80. The summed E-state index contributed by atoms with van der Waals surface area (Å²) >= 11 is 1.27. The zero-order chi connectivity index (χ0) is 20.2. The van der Waals surface area contributed by atoms with E-state index in [9.17, 15) is 14.4 Å². The topological polar surface area (TPSA) is 104 Å². The Morgan fingerprint density at radius 2 is 1.79 bits per heavy atom. The van der Waals surface area contributed by atoms with Crippen LogP contribution in [0.1, 0.15) is 16.7 Å². The summed E-state index contributed by atoms with van der Waals surface area (Å²) in [5.74, 6) is -1.15. The number of aromatic nitrogens is 2. The Balaban J connectivity index is 1.54. The van der Waals surface area contributed by atoms with E-state index in [0.29, 0.717) is 11.3 Å². The number of aryl methyl sites for hydroxylation is 1. The van der Waals surface area contributed by atoms with Crippen LogP contribution in [0.5, 0.6) is 0 Å². The summed E-state index contributed by atoms with van der Waals surface area (Å²) in [5.41, 5.74) is 2.70. The van der Waals surface area contributed by atoms with Gasteiger partial charge in [-0.3, -0.25) is 19.8 Å². The molecule has 1 aromatic heterocycles. The van der Waals surface area contributed by atoms with Crippen molar-refractivity contribution < 1.29 is 14.4 Å². The normalized spacial score (nSPS) is 20.2. The van der Waals surface area contributed by atoms with Gasteiger partial charge in [-0.15, -0.1) is 5.10 Å². The highest BCUT2D eigenvalue weighted by atomic mass is 32.1. The van der Waals surface area contributed by atoms with Crippen molar-refractivity contribution in [3.05, 3.63) is 64.5 Å². The number of rotatable bonds is 3. The van der Waals surface area contributed by atoms with Gasteiger partial charge in [0.1, 0.15) is 5.69 Å². The van der Waals surface area contributed by atoms with Crippen LogP contribution in [0.4, 0.5) is 10.5 Å². The van der Waals surface area contributed by atoms with Crippen molar-refractivity contribution in [2.24, 2.45) is 0 Å². The van der Waals surface area contributed by atoms with Crippen molar-refractivity contribution in [1.29, 1.82) is 0 Å². The molecular formula is C20H15N5O3S. The van der Waals surface area contributed by atoms with E-state index in [1.165, 1.54) is 16.4 Å². The van der Waals surface area contributed by atoms with Crippen molar-refractivity contribution in [2.75, 3.05) is 5.32 Å². The largest absolute Gasteiger partial charge is 0.326 e. The Morgan fingerprint density at radius 1 is 1.03 bits per heavy atom. The summed E-state index contributed by atoms with van der Waals surface area (Å²) < 4.78 is 3.86. The number of anilines is 1. The van der Waals surface area contributed by atoms with Gasteiger partial charge < -0.3 is 5.32 Å². The van der Waals surface area contributed by atoms with Gasteiger partial charge in [-0.2, -0.15) is 0 Å². The lowest BCUT2D eigenvalue weighted by molar-refractivity contribution is -0.137. The third-order valence-electron chi connectivity index (χ3n) is 5.29. The van der Waals surface area contributed by atoms with Gasteiger partial charge in [-0.25, -0.2) is 4.79 Å². The van der Waals surface area contributed by atoms with Crippen LogP contribution in [0.15, 0.2) is 47.8 Å². The summed E-state index contributed by atoms with van der Waals surface area (Å²) in [7, 11) is 0. The molecule has 0 unspecified atom stereocenters. The van der Waals surface area contributed by atoms with Crippen LogP contribution in [-0.4, -0.2) is 32.3 Å².